The van der Waals surface area contributed by atoms with Gasteiger partial charge in [-0.3, -0.25) is 0 Å². The number of aliphatic hydroxyl groups is 1. The molecular formula is C17H25NO4. The second-order valence-corrected chi connectivity index (χ2v) is 6.62. The Bertz CT molecular complexity index is 483. The number of aliphatic hydroxyl groups excluding tert-OH is 1. The lowest BCUT2D eigenvalue weighted by atomic mass is 10.1. The van der Waals surface area contributed by atoms with Gasteiger partial charge in [-0.1, -0.05) is 30.3 Å². The Hall–Kier alpha value is -1.59. The molecule has 1 aromatic rings. The number of carbonyl (C=O) groups is 1. The number of likely N-dealkylation sites (tertiary alicyclic amines) is 1. The number of hydrogen-bond donors (Lipinski definition) is 1. The smallest absolute Gasteiger partial charge is 0.410 e. The summed E-state index contributed by atoms with van der Waals surface area (Å²) in [4.78, 5) is 13.8. The number of ether oxygens (including phenoxy) is 2. The van der Waals surface area contributed by atoms with Crippen LogP contribution >= 0.6 is 0 Å². The molecule has 0 spiro atoms. The van der Waals surface area contributed by atoms with Crippen molar-refractivity contribution >= 4 is 6.09 Å². The predicted octanol–water partition coefficient (Wildman–Crippen LogP) is 2.57. The van der Waals surface area contributed by atoms with Crippen LogP contribution in [0.25, 0.3) is 0 Å². The first-order chi connectivity index (χ1) is 10.4. The SMILES string of the molecule is CC(C)(C)OC1CC(CO)N(C(=O)OCc2ccccc2)C1. The maximum Gasteiger partial charge on any atom is 0.410 e. The zero-order valence-electron chi connectivity index (χ0n) is 13.5. The van der Waals surface area contributed by atoms with Crippen LogP contribution in [0, 0.1) is 0 Å². The van der Waals surface area contributed by atoms with Crippen molar-refractivity contribution in [1.29, 1.82) is 0 Å². The molecule has 1 heterocycles. The van der Waals surface area contributed by atoms with Gasteiger partial charge in [0.2, 0.25) is 0 Å². The summed E-state index contributed by atoms with van der Waals surface area (Å²) in [6.07, 6.45) is 0.165. The molecule has 0 bridgehead atoms. The molecule has 1 N–H and O–H groups in total. The highest BCUT2D eigenvalue weighted by Gasteiger charge is 2.37. The molecule has 5 heteroatoms. The Morgan fingerprint density at radius 3 is 2.59 bits per heavy atom. The van der Waals surface area contributed by atoms with Crippen LogP contribution in [0.15, 0.2) is 30.3 Å². The molecule has 0 aliphatic carbocycles. The van der Waals surface area contributed by atoms with Crippen molar-refractivity contribution in [2.45, 2.75) is 51.5 Å². The van der Waals surface area contributed by atoms with Crippen LogP contribution in [0.3, 0.4) is 0 Å². The fraction of sp³-hybridized carbons (Fsp3) is 0.588. The number of benzene rings is 1. The molecule has 122 valence electrons. The summed E-state index contributed by atoms with van der Waals surface area (Å²) in [7, 11) is 0. The maximum absolute atomic E-state index is 12.2. The molecule has 2 rings (SSSR count). The monoisotopic (exact) mass is 307 g/mol. The third-order valence-corrected chi connectivity index (χ3v) is 3.55. The van der Waals surface area contributed by atoms with Crippen LogP contribution < -0.4 is 0 Å². The largest absolute Gasteiger partial charge is 0.445 e. The van der Waals surface area contributed by atoms with Gasteiger partial charge in [0.1, 0.15) is 6.61 Å². The highest BCUT2D eigenvalue weighted by molar-refractivity contribution is 5.68. The Morgan fingerprint density at radius 1 is 1.32 bits per heavy atom. The minimum atomic E-state index is -0.400. The van der Waals surface area contributed by atoms with E-state index in [1.807, 2.05) is 51.1 Å². The average Bonchev–Trinajstić information content (AvgIpc) is 2.86. The van der Waals surface area contributed by atoms with Crippen molar-refractivity contribution in [2.75, 3.05) is 13.2 Å². The van der Waals surface area contributed by atoms with E-state index in [2.05, 4.69) is 0 Å². The van der Waals surface area contributed by atoms with Gasteiger partial charge in [-0.05, 0) is 32.8 Å². The van der Waals surface area contributed by atoms with Crippen molar-refractivity contribution in [3.05, 3.63) is 35.9 Å². The van der Waals surface area contributed by atoms with E-state index in [1.54, 1.807) is 4.90 Å². The lowest BCUT2D eigenvalue weighted by Gasteiger charge is -2.25. The molecule has 1 aliphatic heterocycles. The molecule has 0 aromatic heterocycles. The van der Waals surface area contributed by atoms with E-state index in [4.69, 9.17) is 9.47 Å². The first kappa shape index (κ1) is 16.8. The molecular weight excluding hydrogens is 282 g/mol. The maximum atomic E-state index is 12.2. The lowest BCUT2D eigenvalue weighted by molar-refractivity contribution is -0.0540. The highest BCUT2D eigenvalue weighted by atomic mass is 16.6. The van der Waals surface area contributed by atoms with Gasteiger partial charge in [0, 0.05) is 0 Å². The molecule has 1 saturated heterocycles. The Labute approximate surface area is 131 Å². The van der Waals surface area contributed by atoms with Crippen molar-refractivity contribution in [1.82, 2.24) is 4.90 Å². The van der Waals surface area contributed by atoms with Crippen LogP contribution in [0.5, 0.6) is 0 Å². The van der Waals surface area contributed by atoms with Crippen molar-refractivity contribution < 1.29 is 19.4 Å². The van der Waals surface area contributed by atoms with E-state index in [0.29, 0.717) is 13.0 Å². The summed E-state index contributed by atoms with van der Waals surface area (Å²) in [6, 6.07) is 9.31. The van der Waals surface area contributed by atoms with Gasteiger partial charge in [0.25, 0.3) is 0 Å². The van der Waals surface area contributed by atoms with Crippen molar-refractivity contribution in [3.8, 4) is 0 Å². The molecule has 1 aliphatic rings. The van der Waals surface area contributed by atoms with Gasteiger partial charge in [0.15, 0.2) is 0 Å². The molecule has 1 aromatic carbocycles. The van der Waals surface area contributed by atoms with Crippen LogP contribution in [0.2, 0.25) is 0 Å². The Balaban J connectivity index is 1.90. The molecule has 0 saturated carbocycles. The van der Waals surface area contributed by atoms with E-state index in [1.165, 1.54) is 0 Å². The average molecular weight is 307 g/mol. The van der Waals surface area contributed by atoms with Gasteiger partial charge in [-0.25, -0.2) is 4.79 Å². The molecule has 2 unspecified atom stereocenters. The van der Waals surface area contributed by atoms with Crippen LogP contribution in [0.1, 0.15) is 32.8 Å². The number of nitrogens with zero attached hydrogens (tertiary/aromatic N) is 1. The van der Waals surface area contributed by atoms with Crippen LogP contribution in [-0.2, 0) is 16.1 Å². The van der Waals surface area contributed by atoms with Gasteiger partial charge in [-0.2, -0.15) is 0 Å². The summed E-state index contributed by atoms with van der Waals surface area (Å²) in [5.41, 5.74) is 0.673. The molecule has 5 nitrogen and oxygen atoms in total. The van der Waals surface area contributed by atoms with Gasteiger partial charge < -0.3 is 19.5 Å². The number of amides is 1. The summed E-state index contributed by atoms with van der Waals surface area (Å²) < 4.78 is 11.3. The third kappa shape index (κ3) is 4.71. The minimum Gasteiger partial charge on any atom is -0.445 e. The van der Waals surface area contributed by atoms with E-state index in [0.717, 1.165) is 5.56 Å². The zero-order chi connectivity index (χ0) is 16.2. The first-order valence-electron chi connectivity index (χ1n) is 7.65. The third-order valence-electron chi connectivity index (χ3n) is 3.55. The van der Waals surface area contributed by atoms with E-state index >= 15 is 0 Å². The second-order valence-electron chi connectivity index (χ2n) is 6.62. The van der Waals surface area contributed by atoms with Crippen LogP contribution in [0.4, 0.5) is 4.79 Å². The van der Waals surface area contributed by atoms with Crippen molar-refractivity contribution in [2.24, 2.45) is 0 Å². The van der Waals surface area contributed by atoms with E-state index in [-0.39, 0.29) is 31.0 Å². The molecule has 1 amide bonds. The Kier molecular flexibility index (Phi) is 5.42. The normalized spacial score (nSPS) is 21.9. The topological polar surface area (TPSA) is 59.0 Å². The van der Waals surface area contributed by atoms with E-state index < -0.39 is 6.09 Å². The summed E-state index contributed by atoms with van der Waals surface area (Å²) in [5, 5.41) is 9.48. The number of carbonyl (C=O) groups excluding carboxylic acids is 1. The summed E-state index contributed by atoms with van der Waals surface area (Å²) >= 11 is 0. The summed E-state index contributed by atoms with van der Waals surface area (Å²) in [6.45, 7) is 6.56. The van der Waals surface area contributed by atoms with Gasteiger partial charge >= 0.3 is 6.09 Å². The first-order valence-corrected chi connectivity index (χ1v) is 7.65. The highest BCUT2D eigenvalue weighted by Crippen LogP contribution is 2.25. The molecule has 0 radical (unpaired) electrons. The quantitative estimate of drug-likeness (QED) is 0.929. The van der Waals surface area contributed by atoms with Gasteiger partial charge in [-0.15, -0.1) is 0 Å². The van der Waals surface area contributed by atoms with Crippen LogP contribution in [-0.4, -0.2) is 47.0 Å². The number of hydrogen-bond acceptors (Lipinski definition) is 4. The van der Waals surface area contributed by atoms with Gasteiger partial charge in [0.05, 0.1) is 30.9 Å². The molecule has 1 fully saturated rings. The Morgan fingerprint density at radius 2 is 2.00 bits per heavy atom. The predicted molar refractivity (Wildman–Crippen MR) is 83.4 cm³/mol. The van der Waals surface area contributed by atoms with E-state index in [9.17, 15) is 9.90 Å². The minimum absolute atomic E-state index is 0.0681. The fourth-order valence-corrected chi connectivity index (χ4v) is 2.66. The zero-order valence-corrected chi connectivity index (χ0v) is 13.5. The standard InChI is InChI=1S/C17H25NO4/c1-17(2,3)22-15-9-14(11-19)18(10-15)16(20)21-12-13-7-5-4-6-8-13/h4-8,14-15,19H,9-12H2,1-3H3. The summed E-state index contributed by atoms with van der Waals surface area (Å²) in [5.74, 6) is 0. The van der Waals surface area contributed by atoms with Crippen molar-refractivity contribution in [3.63, 3.8) is 0 Å². The number of rotatable bonds is 4. The molecule has 22 heavy (non-hydrogen) atoms. The lowest BCUT2D eigenvalue weighted by Crippen LogP contribution is -2.38. The fourth-order valence-electron chi connectivity index (χ4n) is 2.66. The molecule has 2 atom stereocenters. The second kappa shape index (κ2) is 7.11.